The van der Waals surface area contributed by atoms with Gasteiger partial charge in [-0.2, -0.15) is 0 Å². The van der Waals surface area contributed by atoms with Crippen LogP contribution in [0.3, 0.4) is 0 Å². The number of carboxylic acids is 1. The molecule has 0 aliphatic heterocycles. The molecule has 2 N–H and O–H groups in total. The van der Waals surface area contributed by atoms with Gasteiger partial charge in [-0.1, -0.05) is 24.3 Å². The molecular formula is C12H12ClNO4. The summed E-state index contributed by atoms with van der Waals surface area (Å²) >= 11 is 5.88. The highest BCUT2D eigenvalue weighted by molar-refractivity contribution is 6.32. The van der Waals surface area contributed by atoms with Crippen molar-refractivity contribution in [1.29, 1.82) is 0 Å². The summed E-state index contributed by atoms with van der Waals surface area (Å²) in [6.07, 6.45) is 0.644. The van der Waals surface area contributed by atoms with Gasteiger partial charge in [0.25, 0.3) is 0 Å². The predicted molar refractivity (Wildman–Crippen MR) is 68.3 cm³/mol. The summed E-state index contributed by atoms with van der Waals surface area (Å²) in [7, 11) is 0. The summed E-state index contributed by atoms with van der Waals surface area (Å²) < 4.78 is 4.72. The van der Waals surface area contributed by atoms with E-state index >= 15 is 0 Å². The van der Waals surface area contributed by atoms with Gasteiger partial charge in [-0.3, -0.25) is 5.32 Å². The summed E-state index contributed by atoms with van der Waals surface area (Å²) in [5.41, 5.74) is 0.545. The van der Waals surface area contributed by atoms with Gasteiger partial charge in [-0.25, -0.2) is 9.59 Å². The Morgan fingerprint density at radius 1 is 1.56 bits per heavy atom. The van der Waals surface area contributed by atoms with E-state index in [2.05, 4.69) is 11.9 Å². The van der Waals surface area contributed by atoms with Crippen LogP contribution in [0.25, 0.3) is 0 Å². The Bertz CT molecular complexity index is 499. The maximum Gasteiger partial charge on any atom is 0.411 e. The van der Waals surface area contributed by atoms with Crippen LogP contribution in [0, 0.1) is 6.92 Å². The van der Waals surface area contributed by atoms with E-state index < -0.39 is 12.1 Å². The van der Waals surface area contributed by atoms with Gasteiger partial charge in [0.05, 0.1) is 11.3 Å². The monoisotopic (exact) mass is 269 g/mol. The van der Waals surface area contributed by atoms with E-state index in [9.17, 15) is 9.59 Å². The van der Waals surface area contributed by atoms with Crippen molar-refractivity contribution in [2.75, 3.05) is 11.9 Å². The lowest BCUT2D eigenvalue weighted by Gasteiger charge is -2.12. The minimum Gasteiger partial charge on any atom is -0.478 e. The number of benzene rings is 1. The number of amides is 1. The molecule has 96 valence electrons. The topological polar surface area (TPSA) is 75.6 Å². The molecular weight excluding hydrogens is 258 g/mol. The lowest BCUT2D eigenvalue weighted by molar-refractivity contribution is 0.0698. The third-order valence-electron chi connectivity index (χ3n) is 2.19. The second kappa shape index (κ2) is 6.07. The highest BCUT2D eigenvalue weighted by Gasteiger charge is 2.17. The van der Waals surface area contributed by atoms with Gasteiger partial charge >= 0.3 is 12.1 Å². The first-order valence-corrected chi connectivity index (χ1v) is 5.42. The van der Waals surface area contributed by atoms with Crippen molar-refractivity contribution in [2.45, 2.75) is 6.92 Å². The van der Waals surface area contributed by atoms with Crippen molar-refractivity contribution < 1.29 is 19.4 Å². The molecule has 0 spiro atoms. The van der Waals surface area contributed by atoms with Crippen molar-refractivity contribution in [1.82, 2.24) is 0 Å². The van der Waals surface area contributed by atoms with Crippen LogP contribution >= 0.6 is 11.6 Å². The molecule has 0 atom stereocenters. The Balaban J connectivity index is 3.05. The van der Waals surface area contributed by atoms with E-state index in [0.717, 1.165) is 0 Å². The smallest absolute Gasteiger partial charge is 0.411 e. The second-order valence-corrected chi connectivity index (χ2v) is 3.82. The summed E-state index contributed by atoms with van der Waals surface area (Å²) in [5.74, 6) is -1.16. The SMILES string of the molecule is C=CCOC(=O)Nc1c(C(=O)O)ccc(Cl)c1C. The first-order chi connectivity index (χ1) is 8.47. The fourth-order valence-electron chi connectivity index (χ4n) is 1.30. The van der Waals surface area contributed by atoms with E-state index in [0.29, 0.717) is 10.6 Å². The summed E-state index contributed by atoms with van der Waals surface area (Å²) in [6, 6.07) is 2.78. The zero-order valence-electron chi connectivity index (χ0n) is 9.70. The highest BCUT2D eigenvalue weighted by atomic mass is 35.5. The number of carboxylic acid groups (broad SMARTS) is 1. The van der Waals surface area contributed by atoms with E-state index in [4.69, 9.17) is 21.4 Å². The van der Waals surface area contributed by atoms with Gasteiger partial charge in [-0.05, 0) is 24.6 Å². The van der Waals surface area contributed by atoms with E-state index in [1.165, 1.54) is 18.2 Å². The normalized spacial score (nSPS) is 9.67. The van der Waals surface area contributed by atoms with Crippen LogP contribution in [-0.2, 0) is 4.74 Å². The van der Waals surface area contributed by atoms with Crippen molar-refractivity contribution in [2.24, 2.45) is 0 Å². The Morgan fingerprint density at radius 2 is 2.22 bits per heavy atom. The number of rotatable bonds is 4. The van der Waals surface area contributed by atoms with E-state index in [1.54, 1.807) is 6.92 Å². The first-order valence-electron chi connectivity index (χ1n) is 5.04. The molecule has 0 heterocycles. The number of carbonyl (C=O) groups is 2. The van der Waals surface area contributed by atoms with Crippen LogP contribution in [0.4, 0.5) is 10.5 Å². The zero-order chi connectivity index (χ0) is 13.7. The number of carbonyl (C=O) groups excluding carboxylic acids is 1. The minimum absolute atomic E-state index is 0.0356. The highest BCUT2D eigenvalue weighted by Crippen LogP contribution is 2.27. The lowest BCUT2D eigenvalue weighted by Crippen LogP contribution is -2.17. The fourth-order valence-corrected chi connectivity index (χ4v) is 1.46. The number of hydrogen-bond acceptors (Lipinski definition) is 3. The summed E-state index contributed by atoms with van der Waals surface area (Å²) in [4.78, 5) is 22.4. The third-order valence-corrected chi connectivity index (χ3v) is 2.60. The third kappa shape index (κ3) is 3.24. The van der Waals surface area contributed by atoms with Gasteiger partial charge in [0.2, 0.25) is 0 Å². The average molecular weight is 270 g/mol. The number of ether oxygens (including phenoxy) is 1. The maximum atomic E-state index is 11.4. The molecule has 0 aliphatic rings. The molecule has 1 rings (SSSR count). The van der Waals surface area contributed by atoms with Crippen LogP contribution in [0.5, 0.6) is 0 Å². The minimum atomic E-state index is -1.16. The summed E-state index contributed by atoms with van der Waals surface area (Å²) in [6.45, 7) is 5.04. The summed E-state index contributed by atoms with van der Waals surface area (Å²) in [5, 5.41) is 11.7. The Kier molecular flexibility index (Phi) is 4.74. The maximum absolute atomic E-state index is 11.4. The fraction of sp³-hybridized carbons (Fsp3) is 0.167. The van der Waals surface area contributed by atoms with Crippen molar-refractivity contribution in [3.8, 4) is 0 Å². The number of hydrogen-bond donors (Lipinski definition) is 2. The molecule has 0 radical (unpaired) electrons. The largest absolute Gasteiger partial charge is 0.478 e. The average Bonchev–Trinajstić information content (AvgIpc) is 2.32. The first kappa shape index (κ1) is 14.1. The van der Waals surface area contributed by atoms with Gasteiger partial charge in [0, 0.05) is 5.02 Å². The van der Waals surface area contributed by atoms with Crippen LogP contribution in [0.1, 0.15) is 15.9 Å². The Labute approximate surface area is 109 Å². The molecule has 0 aromatic heterocycles. The standard InChI is InChI=1S/C12H12ClNO4/c1-3-6-18-12(17)14-10-7(2)9(13)5-4-8(10)11(15)16/h3-5H,1,6H2,2H3,(H,14,17)(H,15,16). The van der Waals surface area contributed by atoms with E-state index in [-0.39, 0.29) is 17.9 Å². The molecule has 1 aromatic carbocycles. The second-order valence-electron chi connectivity index (χ2n) is 3.41. The van der Waals surface area contributed by atoms with Gasteiger partial charge < -0.3 is 9.84 Å². The molecule has 0 saturated carbocycles. The lowest BCUT2D eigenvalue weighted by atomic mass is 10.1. The molecule has 0 fully saturated rings. The van der Waals surface area contributed by atoms with Crippen molar-refractivity contribution in [3.63, 3.8) is 0 Å². The molecule has 0 unspecified atom stereocenters. The number of nitrogens with one attached hydrogen (secondary N) is 1. The van der Waals surface area contributed by atoms with Crippen LogP contribution in [0.2, 0.25) is 5.02 Å². The van der Waals surface area contributed by atoms with Crippen LogP contribution in [0.15, 0.2) is 24.8 Å². The molecule has 5 nitrogen and oxygen atoms in total. The van der Waals surface area contributed by atoms with Gasteiger partial charge in [-0.15, -0.1) is 0 Å². The van der Waals surface area contributed by atoms with Crippen molar-refractivity contribution in [3.05, 3.63) is 40.9 Å². The number of anilines is 1. The molecule has 18 heavy (non-hydrogen) atoms. The molecule has 1 amide bonds. The Hall–Kier alpha value is -2.01. The molecule has 1 aromatic rings. The van der Waals surface area contributed by atoms with Gasteiger partial charge in [0.1, 0.15) is 6.61 Å². The van der Waals surface area contributed by atoms with Crippen molar-refractivity contribution >= 4 is 29.4 Å². The molecule has 0 saturated heterocycles. The molecule has 0 bridgehead atoms. The number of halogens is 1. The molecule has 6 heteroatoms. The quantitative estimate of drug-likeness (QED) is 0.824. The van der Waals surface area contributed by atoms with Crippen LogP contribution < -0.4 is 5.32 Å². The number of aromatic carboxylic acids is 1. The Morgan fingerprint density at radius 3 is 2.78 bits per heavy atom. The van der Waals surface area contributed by atoms with Crippen LogP contribution in [-0.4, -0.2) is 23.8 Å². The molecule has 0 aliphatic carbocycles. The predicted octanol–water partition coefficient (Wildman–Crippen LogP) is 3.08. The zero-order valence-corrected chi connectivity index (χ0v) is 10.5. The van der Waals surface area contributed by atoms with E-state index in [1.807, 2.05) is 0 Å². The van der Waals surface area contributed by atoms with Gasteiger partial charge in [0.15, 0.2) is 0 Å².